The van der Waals surface area contributed by atoms with Gasteiger partial charge in [-0.15, -0.1) is 0 Å². The van der Waals surface area contributed by atoms with Gasteiger partial charge in [-0.1, -0.05) is 308 Å². The Morgan fingerprint density at radius 3 is 0.778 bits per heavy atom. The molecule has 0 aliphatic rings. The van der Waals surface area contributed by atoms with Gasteiger partial charge in [0.05, 0.1) is 0 Å². The molecule has 1 unspecified atom stereocenters. The van der Waals surface area contributed by atoms with E-state index in [1.807, 2.05) is 0 Å². The van der Waals surface area contributed by atoms with Crippen LogP contribution in [0.1, 0.15) is 348 Å². The van der Waals surface area contributed by atoms with E-state index in [0.717, 1.165) is 70.6 Å². The molecule has 0 heterocycles. The van der Waals surface area contributed by atoms with E-state index in [1.54, 1.807) is 0 Å². The fraction of sp³-hybridized carbons (Fsp3) is 0.864. The highest BCUT2D eigenvalue weighted by Gasteiger charge is 2.19. The van der Waals surface area contributed by atoms with Gasteiger partial charge in [0, 0.05) is 19.3 Å². The summed E-state index contributed by atoms with van der Waals surface area (Å²) >= 11 is 0. The van der Waals surface area contributed by atoms with E-state index in [4.69, 9.17) is 14.2 Å². The lowest BCUT2D eigenvalue weighted by atomic mass is 10.0. The summed E-state index contributed by atoms with van der Waals surface area (Å²) in [4.78, 5) is 38.2. The number of unbranched alkanes of at least 4 members (excludes halogenated alkanes) is 42. The summed E-state index contributed by atoms with van der Waals surface area (Å²) in [5.74, 6) is -0.848. The van der Waals surface area contributed by atoms with Crippen molar-refractivity contribution in [2.75, 3.05) is 13.2 Å². The monoisotopic (exact) mass is 1010 g/mol. The minimum absolute atomic E-state index is 0.0676. The summed E-state index contributed by atoms with van der Waals surface area (Å²) in [5, 5.41) is 0. The third kappa shape index (κ3) is 58.5. The molecule has 0 fully saturated rings. The van der Waals surface area contributed by atoms with E-state index in [0.29, 0.717) is 19.3 Å². The Bertz CT molecular complexity index is 1210. The molecule has 6 heteroatoms. The minimum Gasteiger partial charge on any atom is -0.462 e. The zero-order valence-electron chi connectivity index (χ0n) is 48.5. The van der Waals surface area contributed by atoms with Crippen LogP contribution < -0.4 is 0 Å². The van der Waals surface area contributed by atoms with Crippen LogP contribution in [0.2, 0.25) is 0 Å². The summed E-state index contributed by atoms with van der Waals surface area (Å²) in [7, 11) is 0. The molecule has 0 rings (SSSR count). The molecule has 0 aliphatic heterocycles. The summed E-state index contributed by atoms with van der Waals surface area (Å²) in [5.41, 5.74) is 0. The number of carbonyl (C=O) groups excluding carboxylic acids is 3. The van der Waals surface area contributed by atoms with Crippen molar-refractivity contribution in [1.29, 1.82) is 0 Å². The van der Waals surface area contributed by atoms with Crippen molar-refractivity contribution in [3.05, 3.63) is 36.5 Å². The molecule has 0 bridgehead atoms. The van der Waals surface area contributed by atoms with E-state index in [9.17, 15) is 14.4 Å². The molecular weight excluding hydrogens is 889 g/mol. The van der Waals surface area contributed by atoms with Gasteiger partial charge in [-0.25, -0.2) is 0 Å². The molecule has 422 valence electrons. The number of esters is 3. The lowest BCUT2D eigenvalue weighted by Gasteiger charge is -2.18. The highest BCUT2D eigenvalue weighted by molar-refractivity contribution is 5.71. The Balaban J connectivity index is 4.25. The van der Waals surface area contributed by atoms with Crippen LogP contribution in [0.3, 0.4) is 0 Å². The van der Waals surface area contributed by atoms with Gasteiger partial charge in [0.2, 0.25) is 0 Å². The van der Waals surface area contributed by atoms with Crippen molar-refractivity contribution in [3.8, 4) is 0 Å². The second-order valence-corrected chi connectivity index (χ2v) is 21.7. The van der Waals surface area contributed by atoms with Crippen LogP contribution in [-0.4, -0.2) is 37.2 Å². The van der Waals surface area contributed by atoms with Gasteiger partial charge in [0.1, 0.15) is 13.2 Å². The van der Waals surface area contributed by atoms with Crippen LogP contribution in [0.25, 0.3) is 0 Å². The van der Waals surface area contributed by atoms with Crippen molar-refractivity contribution in [3.63, 3.8) is 0 Å². The standard InChI is InChI=1S/C66H122O6/c1-4-7-10-13-16-19-22-25-27-29-30-31-32-33-34-35-36-38-39-41-44-47-50-53-56-59-65(68)71-62-63(61-70-64(67)58-55-52-49-46-43-24-21-18-15-12-9-6-3)72-66(69)60-57-54-51-48-45-42-40-37-28-26-23-20-17-14-11-8-5-2/h22,25,29-30,32-33,63H,4-21,23-24,26-28,31,34-62H2,1-3H3/b25-22-,30-29-,33-32-. The Kier molecular flexibility index (Phi) is 59.2. The van der Waals surface area contributed by atoms with Crippen molar-refractivity contribution in [1.82, 2.24) is 0 Å². The quantitative estimate of drug-likeness (QED) is 0.0261. The average molecular weight is 1010 g/mol. The van der Waals surface area contributed by atoms with Crippen LogP contribution in [0, 0.1) is 0 Å². The number of carbonyl (C=O) groups is 3. The normalized spacial score (nSPS) is 12.2. The smallest absolute Gasteiger partial charge is 0.306 e. The lowest BCUT2D eigenvalue weighted by Crippen LogP contribution is -2.30. The largest absolute Gasteiger partial charge is 0.462 e. The molecule has 0 aromatic rings. The Hall–Kier alpha value is -2.37. The number of rotatable bonds is 59. The maximum absolute atomic E-state index is 12.9. The maximum atomic E-state index is 12.9. The molecule has 0 saturated carbocycles. The maximum Gasteiger partial charge on any atom is 0.306 e. The van der Waals surface area contributed by atoms with Gasteiger partial charge in [-0.2, -0.15) is 0 Å². The Labute approximate surface area is 448 Å². The van der Waals surface area contributed by atoms with Crippen LogP contribution in [-0.2, 0) is 28.6 Å². The lowest BCUT2D eigenvalue weighted by molar-refractivity contribution is -0.167. The van der Waals surface area contributed by atoms with E-state index in [2.05, 4.69) is 57.2 Å². The first-order valence-electron chi connectivity index (χ1n) is 32.0. The topological polar surface area (TPSA) is 78.9 Å². The molecule has 0 aromatic heterocycles. The molecule has 0 aliphatic carbocycles. The van der Waals surface area contributed by atoms with Crippen LogP contribution in [0.5, 0.6) is 0 Å². The Morgan fingerprint density at radius 2 is 0.500 bits per heavy atom. The van der Waals surface area contributed by atoms with Gasteiger partial charge in [-0.05, 0) is 57.8 Å². The van der Waals surface area contributed by atoms with Gasteiger partial charge < -0.3 is 14.2 Å². The SMILES string of the molecule is CCCCCCC/C=C\C/C=C\C/C=C\CCCCCCCCCCCCC(=O)OCC(COC(=O)CCCCCCCCCCCCCC)OC(=O)CCCCCCCCCCCCCCCCCCC. The van der Waals surface area contributed by atoms with Crippen LogP contribution in [0.15, 0.2) is 36.5 Å². The van der Waals surface area contributed by atoms with Crippen LogP contribution in [0.4, 0.5) is 0 Å². The molecule has 6 nitrogen and oxygen atoms in total. The third-order valence-corrected chi connectivity index (χ3v) is 14.4. The summed E-state index contributed by atoms with van der Waals surface area (Å²) in [6.45, 7) is 6.68. The zero-order chi connectivity index (χ0) is 52.2. The number of ether oxygens (including phenoxy) is 3. The molecule has 1 atom stereocenters. The molecule has 0 aromatic carbocycles. The van der Waals surface area contributed by atoms with Gasteiger partial charge in [0.25, 0.3) is 0 Å². The van der Waals surface area contributed by atoms with E-state index in [1.165, 1.54) is 238 Å². The number of allylic oxidation sites excluding steroid dienone is 6. The van der Waals surface area contributed by atoms with Crippen molar-refractivity contribution >= 4 is 17.9 Å². The predicted molar refractivity (Wildman–Crippen MR) is 312 cm³/mol. The van der Waals surface area contributed by atoms with Crippen molar-refractivity contribution in [2.45, 2.75) is 354 Å². The third-order valence-electron chi connectivity index (χ3n) is 14.4. The fourth-order valence-corrected chi connectivity index (χ4v) is 9.57. The summed E-state index contributed by atoms with van der Waals surface area (Å²) in [6, 6.07) is 0. The first-order chi connectivity index (χ1) is 35.5. The molecule has 72 heavy (non-hydrogen) atoms. The fourth-order valence-electron chi connectivity index (χ4n) is 9.57. The van der Waals surface area contributed by atoms with E-state index < -0.39 is 6.10 Å². The summed E-state index contributed by atoms with van der Waals surface area (Å²) < 4.78 is 16.9. The van der Waals surface area contributed by atoms with Gasteiger partial charge >= 0.3 is 17.9 Å². The number of hydrogen-bond acceptors (Lipinski definition) is 6. The average Bonchev–Trinajstić information content (AvgIpc) is 3.38. The molecular formula is C66H122O6. The molecule has 0 saturated heterocycles. The zero-order valence-corrected chi connectivity index (χ0v) is 48.5. The van der Waals surface area contributed by atoms with Gasteiger partial charge in [-0.3, -0.25) is 14.4 Å². The second kappa shape index (κ2) is 61.2. The highest BCUT2D eigenvalue weighted by Crippen LogP contribution is 2.17. The summed E-state index contributed by atoms with van der Waals surface area (Å²) in [6.07, 6.45) is 74.3. The van der Waals surface area contributed by atoms with Crippen molar-refractivity contribution < 1.29 is 28.6 Å². The first kappa shape index (κ1) is 69.6. The number of hydrogen-bond donors (Lipinski definition) is 0. The van der Waals surface area contributed by atoms with Crippen LogP contribution >= 0.6 is 0 Å². The second-order valence-electron chi connectivity index (χ2n) is 21.7. The molecule has 0 radical (unpaired) electrons. The minimum atomic E-state index is -0.769. The van der Waals surface area contributed by atoms with Crippen molar-refractivity contribution in [2.24, 2.45) is 0 Å². The molecule has 0 spiro atoms. The van der Waals surface area contributed by atoms with E-state index in [-0.39, 0.29) is 31.1 Å². The molecule has 0 N–H and O–H groups in total. The predicted octanol–water partition coefficient (Wildman–Crippen LogP) is 21.6. The van der Waals surface area contributed by atoms with Gasteiger partial charge in [0.15, 0.2) is 6.10 Å². The highest BCUT2D eigenvalue weighted by atomic mass is 16.6. The molecule has 0 amide bonds. The van der Waals surface area contributed by atoms with E-state index >= 15 is 0 Å². The first-order valence-corrected chi connectivity index (χ1v) is 32.0. The Morgan fingerprint density at radius 1 is 0.278 bits per heavy atom.